The third-order valence-electron chi connectivity index (χ3n) is 3.27. The van der Waals surface area contributed by atoms with Crippen LogP contribution in [0.15, 0.2) is 48.2 Å². The zero-order chi connectivity index (χ0) is 18.4. The number of benzene rings is 2. The first-order valence-corrected chi connectivity index (χ1v) is 7.22. The van der Waals surface area contributed by atoms with Crippen molar-refractivity contribution >= 4 is 17.3 Å². The number of nitrogens with zero attached hydrogens (tertiary/aromatic N) is 1. The average Bonchev–Trinajstić information content (AvgIpc) is 2.57. The molecule has 128 valence electrons. The summed E-state index contributed by atoms with van der Waals surface area (Å²) in [5.41, 5.74) is 0.953. The maximum Gasteiger partial charge on any atom is 0.267 e. The standard InChI is InChI=1S/C18H15F2N3O2/c1-11-3-6-17(25-2)16(7-11)23-18(24)12(9-21)10-22-15-5-4-13(19)8-14(15)20/h3-8,10,22H,1-2H3,(H,23,24)/b12-10-. The molecule has 0 heterocycles. The summed E-state index contributed by atoms with van der Waals surface area (Å²) in [6, 6.07) is 9.84. The normalized spacial score (nSPS) is 10.8. The molecule has 5 nitrogen and oxygen atoms in total. The molecule has 0 spiro atoms. The van der Waals surface area contributed by atoms with Gasteiger partial charge in [-0.3, -0.25) is 4.79 Å². The lowest BCUT2D eigenvalue weighted by molar-refractivity contribution is -0.112. The minimum atomic E-state index is -0.839. The second kappa shape index (κ2) is 7.93. The van der Waals surface area contributed by atoms with E-state index in [1.54, 1.807) is 18.2 Å². The smallest absolute Gasteiger partial charge is 0.267 e. The molecule has 0 radical (unpaired) electrons. The fraction of sp³-hybridized carbons (Fsp3) is 0.111. The van der Waals surface area contributed by atoms with Gasteiger partial charge >= 0.3 is 0 Å². The molecule has 0 saturated heterocycles. The van der Waals surface area contributed by atoms with Crippen LogP contribution in [-0.4, -0.2) is 13.0 Å². The summed E-state index contributed by atoms with van der Waals surface area (Å²) in [4.78, 5) is 12.2. The summed E-state index contributed by atoms with van der Waals surface area (Å²) in [6.45, 7) is 1.84. The summed E-state index contributed by atoms with van der Waals surface area (Å²) >= 11 is 0. The number of methoxy groups -OCH3 is 1. The van der Waals surface area contributed by atoms with Crippen LogP contribution in [0.5, 0.6) is 5.75 Å². The molecule has 0 aliphatic heterocycles. The Kier molecular flexibility index (Phi) is 5.69. The van der Waals surface area contributed by atoms with Crippen LogP contribution in [0, 0.1) is 29.9 Å². The van der Waals surface area contributed by atoms with Gasteiger partial charge in [0.2, 0.25) is 0 Å². The van der Waals surface area contributed by atoms with Crippen molar-refractivity contribution in [3.8, 4) is 11.8 Å². The SMILES string of the molecule is COc1ccc(C)cc1NC(=O)/C(C#N)=C\Nc1ccc(F)cc1F. The largest absolute Gasteiger partial charge is 0.495 e. The Hall–Kier alpha value is -3.40. The molecule has 7 heteroatoms. The Bertz CT molecular complexity index is 873. The average molecular weight is 343 g/mol. The summed E-state index contributed by atoms with van der Waals surface area (Å²) in [6.07, 6.45) is 1.05. The fourth-order valence-electron chi connectivity index (χ4n) is 2.01. The summed E-state index contributed by atoms with van der Waals surface area (Å²) in [5, 5.41) is 14.2. The van der Waals surface area contributed by atoms with Crippen LogP contribution < -0.4 is 15.4 Å². The van der Waals surface area contributed by atoms with E-state index in [2.05, 4.69) is 10.6 Å². The van der Waals surface area contributed by atoms with Crippen LogP contribution >= 0.6 is 0 Å². The molecule has 2 aromatic carbocycles. The second-order valence-electron chi connectivity index (χ2n) is 5.10. The fourth-order valence-corrected chi connectivity index (χ4v) is 2.01. The number of rotatable bonds is 5. The van der Waals surface area contributed by atoms with Crippen molar-refractivity contribution in [1.29, 1.82) is 5.26 Å². The van der Waals surface area contributed by atoms with Crippen molar-refractivity contribution in [2.24, 2.45) is 0 Å². The maximum absolute atomic E-state index is 13.6. The number of nitrogens with one attached hydrogen (secondary N) is 2. The number of carbonyl (C=O) groups is 1. The predicted octanol–water partition coefficient (Wildman–Crippen LogP) is 3.74. The van der Waals surface area contributed by atoms with Gasteiger partial charge in [0.1, 0.15) is 29.0 Å². The van der Waals surface area contributed by atoms with Crippen LogP contribution in [0.2, 0.25) is 0 Å². The number of anilines is 2. The number of nitriles is 1. The molecule has 2 N–H and O–H groups in total. The molecule has 0 unspecified atom stereocenters. The van der Waals surface area contributed by atoms with Gasteiger partial charge in [-0.2, -0.15) is 5.26 Å². The van der Waals surface area contributed by atoms with Crippen LogP contribution in [-0.2, 0) is 4.79 Å². The highest BCUT2D eigenvalue weighted by Crippen LogP contribution is 2.25. The second-order valence-corrected chi connectivity index (χ2v) is 5.10. The van der Waals surface area contributed by atoms with E-state index < -0.39 is 17.5 Å². The Morgan fingerprint density at radius 3 is 2.60 bits per heavy atom. The third-order valence-corrected chi connectivity index (χ3v) is 3.27. The van der Waals surface area contributed by atoms with Crippen molar-refractivity contribution in [3.05, 3.63) is 65.4 Å². The summed E-state index contributed by atoms with van der Waals surface area (Å²) in [7, 11) is 1.46. The molecule has 2 aromatic rings. The van der Waals surface area contributed by atoms with Crippen molar-refractivity contribution in [1.82, 2.24) is 0 Å². The van der Waals surface area contributed by atoms with E-state index in [9.17, 15) is 13.6 Å². The highest BCUT2D eigenvalue weighted by Gasteiger charge is 2.13. The minimum absolute atomic E-state index is 0.0601. The highest BCUT2D eigenvalue weighted by molar-refractivity contribution is 6.07. The molecule has 0 saturated carbocycles. The number of halogens is 2. The first-order valence-electron chi connectivity index (χ1n) is 7.22. The van der Waals surface area contributed by atoms with Gasteiger partial charge in [0, 0.05) is 12.3 Å². The Labute approximate surface area is 143 Å². The summed E-state index contributed by atoms with van der Waals surface area (Å²) in [5.74, 6) is -1.82. The number of hydrogen-bond acceptors (Lipinski definition) is 4. The molecule has 0 aromatic heterocycles. The van der Waals surface area contributed by atoms with Crippen molar-refractivity contribution < 1.29 is 18.3 Å². The predicted molar refractivity (Wildman–Crippen MR) is 90.0 cm³/mol. The van der Waals surface area contributed by atoms with E-state index in [-0.39, 0.29) is 11.3 Å². The Morgan fingerprint density at radius 1 is 1.20 bits per heavy atom. The van der Waals surface area contributed by atoms with Gasteiger partial charge in [0.25, 0.3) is 5.91 Å². The topological polar surface area (TPSA) is 74.1 Å². The van der Waals surface area contributed by atoms with Crippen LogP contribution in [0.1, 0.15) is 5.56 Å². The number of ether oxygens (including phenoxy) is 1. The van der Waals surface area contributed by atoms with Gasteiger partial charge in [-0.05, 0) is 36.8 Å². The van der Waals surface area contributed by atoms with Crippen LogP contribution in [0.25, 0.3) is 0 Å². The molecule has 0 aliphatic carbocycles. The van der Waals surface area contributed by atoms with Gasteiger partial charge in [-0.1, -0.05) is 6.07 Å². The lowest BCUT2D eigenvalue weighted by atomic mass is 10.2. The van der Waals surface area contributed by atoms with E-state index in [0.29, 0.717) is 17.5 Å². The monoisotopic (exact) mass is 343 g/mol. The maximum atomic E-state index is 13.6. The molecular formula is C18H15F2N3O2. The lowest BCUT2D eigenvalue weighted by Gasteiger charge is -2.11. The summed E-state index contributed by atoms with van der Waals surface area (Å²) < 4.78 is 31.6. The quantitative estimate of drug-likeness (QED) is 0.641. The molecule has 0 aliphatic rings. The van der Waals surface area contributed by atoms with Gasteiger partial charge in [-0.15, -0.1) is 0 Å². The minimum Gasteiger partial charge on any atom is -0.495 e. The van der Waals surface area contributed by atoms with E-state index in [4.69, 9.17) is 10.00 Å². The molecule has 0 atom stereocenters. The number of carbonyl (C=O) groups excluding carboxylic acids is 1. The zero-order valence-corrected chi connectivity index (χ0v) is 13.6. The van der Waals surface area contributed by atoms with E-state index in [1.165, 1.54) is 7.11 Å². The van der Waals surface area contributed by atoms with Crippen molar-refractivity contribution in [2.45, 2.75) is 6.92 Å². The molecule has 0 bridgehead atoms. The molecule has 25 heavy (non-hydrogen) atoms. The van der Waals surface area contributed by atoms with Crippen LogP contribution in [0.3, 0.4) is 0 Å². The van der Waals surface area contributed by atoms with E-state index in [0.717, 1.165) is 23.9 Å². The van der Waals surface area contributed by atoms with Gasteiger partial charge < -0.3 is 15.4 Å². The molecule has 1 amide bonds. The van der Waals surface area contributed by atoms with E-state index in [1.807, 2.05) is 13.0 Å². The number of amides is 1. The first-order chi connectivity index (χ1) is 11.9. The Morgan fingerprint density at radius 2 is 1.96 bits per heavy atom. The Balaban J connectivity index is 2.18. The lowest BCUT2D eigenvalue weighted by Crippen LogP contribution is -2.15. The number of hydrogen-bond donors (Lipinski definition) is 2. The van der Waals surface area contributed by atoms with E-state index >= 15 is 0 Å². The number of aryl methyl sites for hydroxylation is 1. The molecule has 0 fully saturated rings. The van der Waals surface area contributed by atoms with Gasteiger partial charge in [0.15, 0.2) is 0 Å². The van der Waals surface area contributed by atoms with Gasteiger partial charge in [0.05, 0.1) is 18.5 Å². The van der Waals surface area contributed by atoms with Gasteiger partial charge in [-0.25, -0.2) is 8.78 Å². The first kappa shape index (κ1) is 17.9. The molecular weight excluding hydrogens is 328 g/mol. The van der Waals surface area contributed by atoms with Crippen molar-refractivity contribution in [3.63, 3.8) is 0 Å². The zero-order valence-electron chi connectivity index (χ0n) is 13.6. The van der Waals surface area contributed by atoms with Crippen LogP contribution in [0.4, 0.5) is 20.2 Å². The van der Waals surface area contributed by atoms with Crippen molar-refractivity contribution in [2.75, 3.05) is 17.7 Å². The highest BCUT2D eigenvalue weighted by atomic mass is 19.1. The third kappa shape index (κ3) is 4.54. The molecule has 2 rings (SSSR count).